The van der Waals surface area contributed by atoms with E-state index in [0.717, 1.165) is 5.69 Å². The number of nitrogens with zero attached hydrogens (tertiary/aromatic N) is 2. The van der Waals surface area contributed by atoms with Gasteiger partial charge in [0.1, 0.15) is 6.33 Å². The second kappa shape index (κ2) is 5.13. The first-order valence-corrected chi connectivity index (χ1v) is 5.35. The molecule has 0 radical (unpaired) electrons. The maximum absolute atomic E-state index is 11.3. The Hall–Kier alpha value is -2.63. The highest BCUT2D eigenvalue weighted by molar-refractivity contribution is 6.01. The van der Waals surface area contributed by atoms with Gasteiger partial charge in [-0.3, -0.25) is 4.79 Å². The molecule has 1 amide bonds. The zero-order chi connectivity index (χ0) is 13.0. The molecule has 92 valence electrons. The first-order valence-electron chi connectivity index (χ1n) is 5.35. The van der Waals surface area contributed by atoms with Crippen molar-refractivity contribution in [3.05, 3.63) is 48.0 Å². The summed E-state index contributed by atoms with van der Waals surface area (Å²) in [6.07, 6.45) is 3.10. The number of carbonyl (C=O) groups is 1. The molecule has 5 N–H and O–H groups in total. The van der Waals surface area contributed by atoms with E-state index in [1.807, 2.05) is 0 Å². The summed E-state index contributed by atoms with van der Waals surface area (Å²) in [6.45, 7) is 0.441. The predicted octanol–water partition coefficient (Wildman–Crippen LogP) is 0.770. The molecule has 2 aromatic rings. The second-order valence-corrected chi connectivity index (χ2v) is 3.69. The average Bonchev–Trinajstić information content (AvgIpc) is 2.38. The number of nitrogens with one attached hydrogen (secondary N) is 1. The largest absolute Gasteiger partial charge is 0.397 e. The van der Waals surface area contributed by atoms with Crippen LogP contribution in [-0.2, 0) is 6.54 Å². The van der Waals surface area contributed by atoms with E-state index in [2.05, 4.69) is 15.3 Å². The van der Waals surface area contributed by atoms with Gasteiger partial charge in [0.15, 0.2) is 0 Å². The average molecular weight is 243 g/mol. The first-order chi connectivity index (χ1) is 8.68. The van der Waals surface area contributed by atoms with Crippen LogP contribution in [0.1, 0.15) is 16.1 Å². The van der Waals surface area contributed by atoms with Gasteiger partial charge in [0, 0.05) is 6.20 Å². The Kier molecular flexibility index (Phi) is 3.38. The summed E-state index contributed by atoms with van der Waals surface area (Å²) < 4.78 is 0. The van der Waals surface area contributed by atoms with Gasteiger partial charge in [-0.25, -0.2) is 9.97 Å². The van der Waals surface area contributed by atoms with Gasteiger partial charge in [0.05, 0.1) is 29.2 Å². The van der Waals surface area contributed by atoms with E-state index in [1.54, 1.807) is 30.5 Å². The third-order valence-electron chi connectivity index (χ3n) is 2.45. The fourth-order valence-electron chi connectivity index (χ4n) is 1.57. The third-order valence-corrected chi connectivity index (χ3v) is 2.45. The molecule has 0 aliphatic rings. The number of nitrogens with two attached hydrogens (primary N) is 2. The van der Waals surface area contributed by atoms with Crippen LogP contribution in [0.5, 0.6) is 0 Å². The summed E-state index contributed by atoms with van der Waals surface area (Å²) in [4.78, 5) is 19.2. The molecule has 0 atom stereocenters. The number of hydrogen-bond acceptors (Lipinski definition) is 5. The molecule has 18 heavy (non-hydrogen) atoms. The van der Waals surface area contributed by atoms with Crippen LogP contribution in [0.25, 0.3) is 0 Å². The topological polar surface area (TPSA) is 107 Å². The minimum absolute atomic E-state index is 0.365. The molecular weight excluding hydrogens is 230 g/mol. The molecule has 1 aromatic heterocycles. The minimum atomic E-state index is -0.521. The number of amides is 1. The van der Waals surface area contributed by atoms with Gasteiger partial charge < -0.3 is 16.8 Å². The van der Waals surface area contributed by atoms with Crippen molar-refractivity contribution in [1.29, 1.82) is 0 Å². The van der Waals surface area contributed by atoms with Gasteiger partial charge in [-0.1, -0.05) is 6.07 Å². The van der Waals surface area contributed by atoms with Crippen molar-refractivity contribution in [2.45, 2.75) is 6.54 Å². The lowest BCUT2D eigenvalue weighted by Gasteiger charge is -2.12. The zero-order valence-electron chi connectivity index (χ0n) is 9.63. The molecular formula is C12H13N5O. The van der Waals surface area contributed by atoms with E-state index < -0.39 is 5.91 Å². The number of rotatable bonds is 4. The molecule has 2 rings (SSSR count). The van der Waals surface area contributed by atoms with Crippen molar-refractivity contribution < 1.29 is 4.79 Å². The Balaban J connectivity index is 2.21. The molecule has 0 saturated heterocycles. The predicted molar refractivity (Wildman–Crippen MR) is 68.7 cm³/mol. The Morgan fingerprint density at radius 3 is 2.83 bits per heavy atom. The lowest BCUT2D eigenvalue weighted by molar-refractivity contribution is 0.100. The maximum Gasteiger partial charge on any atom is 0.250 e. The molecule has 6 nitrogen and oxygen atoms in total. The van der Waals surface area contributed by atoms with E-state index in [0.29, 0.717) is 23.5 Å². The van der Waals surface area contributed by atoms with Crippen molar-refractivity contribution in [3.63, 3.8) is 0 Å². The minimum Gasteiger partial charge on any atom is -0.397 e. The van der Waals surface area contributed by atoms with Crippen LogP contribution in [-0.4, -0.2) is 15.9 Å². The van der Waals surface area contributed by atoms with Gasteiger partial charge in [0.2, 0.25) is 0 Å². The number of anilines is 2. The number of benzene rings is 1. The molecule has 0 bridgehead atoms. The van der Waals surface area contributed by atoms with Gasteiger partial charge in [-0.05, 0) is 18.2 Å². The summed E-state index contributed by atoms with van der Waals surface area (Å²) in [5, 5.41) is 3.06. The van der Waals surface area contributed by atoms with E-state index in [-0.39, 0.29) is 0 Å². The lowest BCUT2D eigenvalue weighted by atomic mass is 10.1. The van der Waals surface area contributed by atoms with Crippen LogP contribution >= 0.6 is 0 Å². The summed E-state index contributed by atoms with van der Waals surface area (Å²) >= 11 is 0. The van der Waals surface area contributed by atoms with Gasteiger partial charge in [0.25, 0.3) is 5.91 Å². The third kappa shape index (κ3) is 2.54. The smallest absolute Gasteiger partial charge is 0.250 e. The van der Waals surface area contributed by atoms with Crippen molar-refractivity contribution in [3.8, 4) is 0 Å². The fourth-order valence-corrected chi connectivity index (χ4v) is 1.57. The van der Waals surface area contributed by atoms with E-state index in [9.17, 15) is 4.79 Å². The summed E-state index contributed by atoms with van der Waals surface area (Å²) in [7, 11) is 0. The van der Waals surface area contributed by atoms with Crippen LogP contribution in [0.15, 0.2) is 36.8 Å². The first kappa shape index (κ1) is 11.8. The lowest BCUT2D eigenvalue weighted by Crippen LogP contribution is -2.15. The van der Waals surface area contributed by atoms with Crippen molar-refractivity contribution in [2.75, 3.05) is 11.1 Å². The maximum atomic E-state index is 11.3. The van der Waals surface area contributed by atoms with E-state index >= 15 is 0 Å². The van der Waals surface area contributed by atoms with Crippen molar-refractivity contribution in [1.82, 2.24) is 9.97 Å². The molecule has 0 aliphatic carbocycles. The van der Waals surface area contributed by atoms with Crippen molar-refractivity contribution in [2.24, 2.45) is 5.73 Å². The number of primary amides is 1. The molecule has 1 aromatic carbocycles. The highest BCUT2D eigenvalue weighted by Gasteiger charge is 2.10. The number of aromatic nitrogens is 2. The molecule has 1 heterocycles. The summed E-state index contributed by atoms with van der Waals surface area (Å²) in [6, 6.07) is 6.79. The highest BCUT2D eigenvalue weighted by atomic mass is 16.1. The SMILES string of the molecule is NC(=O)c1cccc(N)c1NCc1ccncn1. The Bertz CT molecular complexity index is 556. The van der Waals surface area contributed by atoms with E-state index in [1.165, 1.54) is 6.33 Å². The fraction of sp³-hybridized carbons (Fsp3) is 0.0833. The van der Waals surface area contributed by atoms with Crippen LogP contribution < -0.4 is 16.8 Å². The highest BCUT2D eigenvalue weighted by Crippen LogP contribution is 2.23. The zero-order valence-corrected chi connectivity index (χ0v) is 9.63. The van der Waals surface area contributed by atoms with Crippen LogP contribution in [0, 0.1) is 0 Å². The number of carbonyl (C=O) groups excluding carboxylic acids is 1. The van der Waals surface area contributed by atoms with Gasteiger partial charge in [-0.2, -0.15) is 0 Å². The van der Waals surface area contributed by atoms with Crippen LogP contribution in [0.3, 0.4) is 0 Å². The Morgan fingerprint density at radius 2 is 2.17 bits per heavy atom. The van der Waals surface area contributed by atoms with Crippen molar-refractivity contribution >= 4 is 17.3 Å². The standard InChI is InChI=1S/C12H13N5O/c13-10-3-1-2-9(12(14)18)11(10)16-6-8-4-5-15-7-17-8/h1-5,7,16H,6,13H2,(H2,14,18). The number of hydrogen-bond donors (Lipinski definition) is 3. The molecule has 0 saturated carbocycles. The van der Waals surface area contributed by atoms with Gasteiger partial charge in [-0.15, -0.1) is 0 Å². The molecule has 0 aliphatic heterocycles. The van der Waals surface area contributed by atoms with E-state index in [4.69, 9.17) is 11.5 Å². The van der Waals surface area contributed by atoms with Crippen LogP contribution in [0.4, 0.5) is 11.4 Å². The second-order valence-electron chi connectivity index (χ2n) is 3.69. The molecule has 6 heteroatoms. The summed E-state index contributed by atoms with van der Waals surface area (Å²) in [5.74, 6) is -0.521. The molecule has 0 spiro atoms. The Morgan fingerprint density at radius 1 is 1.33 bits per heavy atom. The van der Waals surface area contributed by atoms with Gasteiger partial charge >= 0.3 is 0 Å². The number of nitrogen functional groups attached to an aromatic ring is 1. The Labute approximate surface area is 104 Å². The molecule has 0 fully saturated rings. The summed E-state index contributed by atoms with van der Waals surface area (Å²) in [5.41, 5.74) is 13.3. The monoisotopic (exact) mass is 243 g/mol. The number of para-hydroxylation sites is 1. The quantitative estimate of drug-likeness (QED) is 0.687. The molecule has 0 unspecified atom stereocenters. The normalized spacial score (nSPS) is 10.0. The van der Waals surface area contributed by atoms with Crippen LogP contribution in [0.2, 0.25) is 0 Å².